The van der Waals surface area contributed by atoms with Gasteiger partial charge in [-0.15, -0.1) is 11.6 Å². The van der Waals surface area contributed by atoms with Crippen molar-refractivity contribution >= 4 is 11.6 Å². The van der Waals surface area contributed by atoms with E-state index in [4.69, 9.17) is 16.3 Å². The normalized spacial score (nSPS) is 21.4. The molecule has 1 aliphatic heterocycles. The van der Waals surface area contributed by atoms with Gasteiger partial charge in [-0.1, -0.05) is 12.2 Å². The first-order valence-corrected chi connectivity index (χ1v) is 5.36. The molecule has 0 N–H and O–H groups in total. The van der Waals surface area contributed by atoms with E-state index in [0.717, 1.165) is 32.5 Å². The highest BCUT2D eigenvalue weighted by atomic mass is 35.5. The molecule has 2 nitrogen and oxygen atoms in total. The molecular weight excluding hydrogens is 186 g/mol. The number of hydrogen-bond donors (Lipinski definition) is 0. The van der Waals surface area contributed by atoms with Crippen LogP contribution in [0.1, 0.15) is 12.8 Å². The van der Waals surface area contributed by atoms with E-state index in [1.54, 1.807) is 7.11 Å². The van der Waals surface area contributed by atoms with Gasteiger partial charge in [-0.05, 0) is 12.8 Å². The summed E-state index contributed by atoms with van der Waals surface area (Å²) in [7, 11) is 1.80. The van der Waals surface area contributed by atoms with Crippen LogP contribution in [0.2, 0.25) is 0 Å². The van der Waals surface area contributed by atoms with E-state index < -0.39 is 0 Å². The number of alkyl halides is 1. The third kappa shape index (κ3) is 4.12. The summed E-state index contributed by atoms with van der Waals surface area (Å²) in [6.45, 7) is 3.32. The maximum absolute atomic E-state index is 5.54. The molecule has 1 rings (SSSR count). The second-order valence-corrected chi connectivity index (χ2v) is 3.67. The fraction of sp³-hybridized carbons (Fsp3) is 0.800. The summed E-state index contributed by atoms with van der Waals surface area (Å²) in [6.07, 6.45) is 6.94. The van der Waals surface area contributed by atoms with Crippen LogP contribution in [-0.4, -0.2) is 43.6 Å². The minimum absolute atomic E-state index is 0.480. The molecule has 13 heavy (non-hydrogen) atoms. The average Bonchev–Trinajstić information content (AvgIpc) is 2.19. The second kappa shape index (κ2) is 6.41. The van der Waals surface area contributed by atoms with Crippen LogP contribution in [0.15, 0.2) is 12.2 Å². The highest BCUT2D eigenvalue weighted by Crippen LogP contribution is 2.12. The van der Waals surface area contributed by atoms with Gasteiger partial charge in [0.2, 0.25) is 0 Å². The predicted molar refractivity (Wildman–Crippen MR) is 56.3 cm³/mol. The number of nitrogens with zero attached hydrogens (tertiary/aromatic N) is 1. The first kappa shape index (κ1) is 11.0. The van der Waals surface area contributed by atoms with Crippen LogP contribution in [0.25, 0.3) is 0 Å². The van der Waals surface area contributed by atoms with E-state index in [9.17, 15) is 0 Å². The predicted octanol–water partition coefficient (Wildman–Crippen LogP) is 1.89. The van der Waals surface area contributed by atoms with Gasteiger partial charge in [0.15, 0.2) is 0 Å². The van der Waals surface area contributed by atoms with E-state index in [1.807, 2.05) is 6.08 Å². The van der Waals surface area contributed by atoms with Gasteiger partial charge >= 0.3 is 0 Å². The van der Waals surface area contributed by atoms with Crippen molar-refractivity contribution in [1.82, 2.24) is 4.90 Å². The average molecular weight is 204 g/mol. The Labute approximate surface area is 85.5 Å². The summed E-state index contributed by atoms with van der Waals surface area (Å²) < 4.78 is 5.30. The number of halogens is 1. The summed E-state index contributed by atoms with van der Waals surface area (Å²) in [6, 6.07) is 0. The number of methoxy groups -OCH3 is 1. The molecule has 1 aliphatic rings. The maximum Gasteiger partial charge on any atom is 0.0595 e. The molecular formula is C10H18ClNO. The van der Waals surface area contributed by atoms with Gasteiger partial charge in [0, 0.05) is 32.6 Å². The van der Waals surface area contributed by atoms with Crippen LogP contribution in [0, 0.1) is 0 Å². The monoisotopic (exact) mass is 203 g/mol. The fourth-order valence-corrected chi connectivity index (χ4v) is 1.74. The molecule has 76 valence electrons. The molecule has 0 bridgehead atoms. The summed E-state index contributed by atoms with van der Waals surface area (Å²) in [5.41, 5.74) is 0. The van der Waals surface area contributed by atoms with E-state index in [-0.39, 0.29) is 0 Å². The molecule has 0 atom stereocenters. The van der Waals surface area contributed by atoms with Crippen molar-refractivity contribution in [2.75, 3.05) is 32.6 Å². The Hall–Kier alpha value is -0.0500. The number of allylic oxidation sites excluding steroid dienone is 1. The van der Waals surface area contributed by atoms with Gasteiger partial charge in [-0.3, -0.25) is 4.90 Å². The fourth-order valence-electron chi connectivity index (χ4n) is 1.61. The Morgan fingerprint density at radius 3 is 2.62 bits per heavy atom. The molecule has 1 heterocycles. The molecule has 1 fully saturated rings. The summed E-state index contributed by atoms with van der Waals surface area (Å²) in [5, 5.41) is 0. The lowest BCUT2D eigenvalue weighted by Gasteiger charge is -2.30. The zero-order chi connectivity index (χ0) is 9.52. The van der Waals surface area contributed by atoms with Crippen LogP contribution >= 0.6 is 11.6 Å². The minimum atomic E-state index is 0.480. The van der Waals surface area contributed by atoms with Gasteiger partial charge < -0.3 is 4.74 Å². The molecule has 0 amide bonds. The van der Waals surface area contributed by atoms with Crippen molar-refractivity contribution in [3.8, 4) is 0 Å². The van der Waals surface area contributed by atoms with Crippen molar-refractivity contribution in [2.45, 2.75) is 18.9 Å². The third-order valence-electron chi connectivity index (χ3n) is 2.49. The topological polar surface area (TPSA) is 12.5 Å². The van der Waals surface area contributed by atoms with Gasteiger partial charge in [0.25, 0.3) is 0 Å². The molecule has 0 spiro atoms. The van der Waals surface area contributed by atoms with E-state index >= 15 is 0 Å². The zero-order valence-electron chi connectivity index (χ0n) is 8.21. The SMILES string of the molecule is COC1CCN(CC=CCCl)CC1. The van der Waals surface area contributed by atoms with Crippen molar-refractivity contribution in [3.05, 3.63) is 12.2 Å². The maximum atomic E-state index is 5.54. The zero-order valence-corrected chi connectivity index (χ0v) is 8.96. The highest BCUT2D eigenvalue weighted by molar-refractivity contribution is 6.18. The van der Waals surface area contributed by atoms with Crippen molar-refractivity contribution < 1.29 is 4.74 Å². The minimum Gasteiger partial charge on any atom is -0.381 e. The number of hydrogen-bond acceptors (Lipinski definition) is 2. The molecule has 0 unspecified atom stereocenters. The number of piperidine rings is 1. The Bertz CT molecular complexity index is 153. The first-order chi connectivity index (χ1) is 6.36. The van der Waals surface area contributed by atoms with E-state index in [2.05, 4.69) is 11.0 Å². The lowest BCUT2D eigenvalue weighted by molar-refractivity contribution is 0.0445. The summed E-state index contributed by atoms with van der Waals surface area (Å²) in [5.74, 6) is 0.620. The molecule has 0 aromatic carbocycles. The standard InChI is InChI=1S/C10H18ClNO/c1-13-10-4-8-12(9-5-10)7-3-2-6-11/h2-3,10H,4-9H2,1H3. The van der Waals surface area contributed by atoms with Gasteiger partial charge in [0.1, 0.15) is 0 Å². The van der Waals surface area contributed by atoms with E-state index in [0.29, 0.717) is 12.0 Å². The van der Waals surface area contributed by atoms with Gasteiger partial charge in [-0.2, -0.15) is 0 Å². The molecule has 0 radical (unpaired) electrons. The molecule has 1 saturated heterocycles. The van der Waals surface area contributed by atoms with Crippen molar-refractivity contribution in [1.29, 1.82) is 0 Å². The van der Waals surface area contributed by atoms with Crippen LogP contribution in [-0.2, 0) is 4.74 Å². The Morgan fingerprint density at radius 2 is 2.08 bits per heavy atom. The Balaban J connectivity index is 2.14. The Kier molecular flexibility index (Phi) is 5.44. The largest absolute Gasteiger partial charge is 0.381 e. The summed E-state index contributed by atoms with van der Waals surface area (Å²) in [4.78, 5) is 2.43. The van der Waals surface area contributed by atoms with Crippen LogP contribution in [0.5, 0.6) is 0 Å². The number of rotatable bonds is 4. The van der Waals surface area contributed by atoms with Crippen LogP contribution in [0.4, 0.5) is 0 Å². The van der Waals surface area contributed by atoms with Crippen LogP contribution < -0.4 is 0 Å². The van der Waals surface area contributed by atoms with Gasteiger partial charge in [-0.25, -0.2) is 0 Å². The lowest BCUT2D eigenvalue weighted by atomic mass is 10.1. The highest BCUT2D eigenvalue weighted by Gasteiger charge is 2.16. The molecule has 3 heteroatoms. The van der Waals surface area contributed by atoms with E-state index in [1.165, 1.54) is 0 Å². The Morgan fingerprint density at radius 1 is 1.38 bits per heavy atom. The molecule has 0 aromatic heterocycles. The quantitative estimate of drug-likeness (QED) is 0.511. The number of ether oxygens (including phenoxy) is 1. The summed E-state index contributed by atoms with van der Waals surface area (Å²) >= 11 is 5.54. The molecule has 0 saturated carbocycles. The third-order valence-corrected chi connectivity index (χ3v) is 2.67. The molecule has 0 aromatic rings. The number of likely N-dealkylation sites (tertiary alicyclic amines) is 1. The first-order valence-electron chi connectivity index (χ1n) is 4.83. The van der Waals surface area contributed by atoms with Gasteiger partial charge in [0.05, 0.1) is 6.10 Å². The van der Waals surface area contributed by atoms with Crippen molar-refractivity contribution in [3.63, 3.8) is 0 Å². The lowest BCUT2D eigenvalue weighted by Crippen LogP contribution is -2.36. The van der Waals surface area contributed by atoms with Crippen molar-refractivity contribution in [2.24, 2.45) is 0 Å². The van der Waals surface area contributed by atoms with Crippen LogP contribution in [0.3, 0.4) is 0 Å². The molecule has 0 aliphatic carbocycles. The second-order valence-electron chi connectivity index (χ2n) is 3.36. The smallest absolute Gasteiger partial charge is 0.0595 e.